The molecule has 4 aromatic rings. The number of thioether (sulfide) groups is 1. The summed E-state index contributed by atoms with van der Waals surface area (Å²) in [7, 11) is 0. The zero-order chi connectivity index (χ0) is 17.4. The molecule has 126 valence electrons. The van der Waals surface area contributed by atoms with Gasteiger partial charge in [-0.15, -0.1) is 16.8 Å². The molecule has 0 atom stereocenters. The second-order valence-electron chi connectivity index (χ2n) is 5.56. The van der Waals surface area contributed by atoms with Crippen LogP contribution in [0, 0.1) is 6.92 Å². The Bertz CT molecular complexity index is 1140. The van der Waals surface area contributed by atoms with Crippen LogP contribution in [0.15, 0.2) is 57.5 Å². The minimum absolute atomic E-state index is 0.0993. The van der Waals surface area contributed by atoms with Gasteiger partial charge in [-0.05, 0) is 19.1 Å². The summed E-state index contributed by atoms with van der Waals surface area (Å²) in [5.74, 6) is 1.85. The van der Waals surface area contributed by atoms with Crippen molar-refractivity contribution in [2.75, 3.05) is 0 Å². The van der Waals surface area contributed by atoms with Crippen molar-refractivity contribution in [2.45, 2.75) is 24.4 Å². The monoisotopic (exact) mass is 353 g/mol. The number of benzene rings is 1. The highest BCUT2D eigenvalue weighted by Crippen LogP contribution is 2.24. The van der Waals surface area contributed by atoms with Crippen LogP contribution < -0.4 is 5.56 Å². The molecule has 0 aliphatic carbocycles. The number of para-hydroxylation sites is 1. The molecular weight excluding hydrogens is 338 g/mol. The van der Waals surface area contributed by atoms with E-state index in [0.29, 0.717) is 28.6 Å². The molecule has 25 heavy (non-hydrogen) atoms. The SMILES string of the molecule is C=CCn1c(=O)c2ccccc2n2c(SCc3cc(C)no3)nnc12. The van der Waals surface area contributed by atoms with Crippen LogP contribution >= 0.6 is 11.8 Å². The first-order valence-corrected chi connectivity index (χ1v) is 8.70. The Kier molecular flexibility index (Phi) is 3.89. The highest BCUT2D eigenvalue weighted by molar-refractivity contribution is 7.98. The molecule has 1 aromatic carbocycles. The van der Waals surface area contributed by atoms with E-state index in [1.54, 1.807) is 10.6 Å². The summed E-state index contributed by atoms with van der Waals surface area (Å²) in [6.07, 6.45) is 1.68. The quantitative estimate of drug-likeness (QED) is 0.405. The Morgan fingerprint density at radius 3 is 2.92 bits per heavy atom. The van der Waals surface area contributed by atoms with Gasteiger partial charge in [0.15, 0.2) is 5.16 Å². The molecule has 0 aliphatic rings. The average Bonchev–Trinajstić information content (AvgIpc) is 3.23. The Balaban J connectivity index is 1.88. The van der Waals surface area contributed by atoms with Gasteiger partial charge in [0.05, 0.1) is 22.3 Å². The van der Waals surface area contributed by atoms with Gasteiger partial charge in [0.1, 0.15) is 5.76 Å². The molecule has 7 nitrogen and oxygen atoms in total. The maximum absolute atomic E-state index is 12.7. The molecule has 0 bridgehead atoms. The Morgan fingerprint density at radius 2 is 2.16 bits per heavy atom. The van der Waals surface area contributed by atoms with Crippen molar-refractivity contribution in [3.8, 4) is 0 Å². The fourth-order valence-corrected chi connectivity index (χ4v) is 3.56. The summed E-state index contributed by atoms with van der Waals surface area (Å²) in [4.78, 5) is 12.7. The van der Waals surface area contributed by atoms with Crippen LogP contribution in [0.2, 0.25) is 0 Å². The van der Waals surface area contributed by atoms with Crippen molar-refractivity contribution < 1.29 is 4.52 Å². The summed E-state index contributed by atoms with van der Waals surface area (Å²) in [5, 5.41) is 13.7. The third-order valence-electron chi connectivity index (χ3n) is 3.81. The normalized spacial score (nSPS) is 11.4. The maximum atomic E-state index is 12.7. The molecule has 0 N–H and O–H groups in total. The minimum atomic E-state index is -0.0993. The first-order valence-electron chi connectivity index (χ1n) is 7.71. The molecule has 3 aromatic heterocycles. The van der Waals surface area contributed by atoms with Crippen molar-refractivity contribution in [2.24, 2.45) is 0 Å². The lowest BCUT2D eigenvalue weighted by atomic mass is 10.2. The van der Waals surface area contributed by atoms with E-state index in [9.17, 15) is 4.79 Å². The number of rotatable bonds is 5. The Morgan fingerprint density at radius 1 is 1.32 bits per heavy atom. The number of aromatic nitrogens is 5. The number of aryl methyl sites for hydroxylation is 1. The molecule has 0 saturated heterocycles. The summed E-state index contributed by atoms with van der Waals surface area (Å²) in [5.41, 5.74) is 1.52. The molecule has 0 fully saturated rings. The lowest BCUT2D eigenvalue weighted by Crippen LogP contribution is -2.22. The van der Waals surface area contributed by atoms with Crippen LogP contribution in [0.4, 0.5) is 0 Å². The van der Waals surface area contributed by atoms with Crippen molar-refractivity contribution >= 4 is 28.4 Å². The summed E-state index contributed by atoms with van der Waals surface area (Å²) < 4.78 is 8.72. The molecule has 0 radical (unpaired) electrons. The van der Waals surface area contributed by atoms with E-state index in [2.05, 4.69) is 21.9 Å². The van der Waals surface area contributed by atoms with Crippen LogP contribution in [0.3, 0.4) is 0 Å². The smallest absolute Gasteiger partial charge is 0.263 e. The number of allylic oxidation sites excluding steroid dienone is 1. The van der Waals surface area contributed by atoms with Crippen molar-refractivity contribution in [1.29, 1.82) is 0 Å². The predicted octanol–water partition coefficient (Wildman–Crippen LogP) is 2.82. The number of nitrogens with zero attached hydrogens (tertiary/aromatic N) is 5. The minimum Gasteiger partial charge on any atom is -0.360 e. The van der Waals surface area contributed by atoms with Gasteiger partial charge in [-0.3, -0.25) is 13.8 Å². The molecule has 3 heterocycles. The van der Waals surface area contributed by atoms with E-state index < -0.39 is 0 Å². The van der Waals surface area contributed by atoms with Crippen LogP contribution in [0.1, 0.15) is 11.5 Å². The van der Waals surface area contributed by atoms with Gasteiger partial charge in [-0.25, -0.2) is 0 Å². The highest BCUT2D eigenvalue weighted by Gasteiger charge is 2.16. The van der Waals surface area contributed by atoms with Gasteiger partial charge < -0.3 is 4.52 Å². The van der Waals surface area contributed by atoms with E-state index in [1.165, 1.54) is 11.8 Å². The van der Waals surface area contributed by atoms with Crippen LogP contribution in [0.25, 0.3) is 16.7 Å². The van der Waals surface area contributed by atoms with Gasteiger partial charge in [0.2, 0.25) is 5.78 Å². The van der Waals surface area contributed by atoms with E-state index >= 15 is 0 Å². The molecule has 0 spiro atoms. The van der Waals surface area contributed by atoms with Crippen LogP contribution in [-0.2, 0) is 12.3 Å². The van der Waals surface area contributed by atoms with Gasteiger partial charge >= 0.3 is 0 Å². The number of hydrogen-bond donors (Lipinski definition) is 0. The lowest BCUT2D eigenvalue weighted by Gasteiger charge is -2.09. The van der Waals surface area contributed by atoms with E-state index in [-0.39, 0.29) is 5.56 Å². The zero-order valence-electron chi connectivity index (χ0n) is 13.5. The van der Waals surface area contributed by atoms with Gasteiger partial charge in [-0.2, -0.15) is 0 Å². The van der Waals surface area contributed by atoms with E-state index in [4.69, 9.17) is 4.52 Å². The Hall–Kier alpha value is -2.87. The molecule has 4 rings (SSSR count). The van der Waals surface area contributed by atoms with Gasteiger partial charge in [0.25, 0.3) is 5.56 Å². The summed E-state index contributed by atoms with van der Waals surface area (Å²) >= 11 is 1.48. The van der Waals surface area contributed by atoms with Crippen LogP contribution in [-0.4, -0.2) is 24.3 Å². The van der Waals surface area contributed by atoms with Crippen molar-refractivity contribution in [3.63, 3.8) is 0 Å². The van der Waals surface area contributed by atoms with Crippen molar-refractivity contribution in [3.05, 3.63) is 64.8 Å². The fourth-order valence-electron chi connectivity index (χ4n) is 2.74. The molecule has 0 aliphatic heterocycles. The summed E-state index contributed by atoms with van der Waals surface area (Å²) in [6, 6.07) is 9.34. The number of fused-ring (bicyclic) bond motifs is 3. The zero-order valence-corrected chi connectivity index (χ0v) is 14.4. The number of hydrogen-bond acceptors (Lipinski definition) is 6. The predicted molar refractivity (Wildman–Crippen MR) is 95.8 cm³/mol. The van der Waals surface area contributed by atoms with Crippen molar-refractivity contribution in [1.82, 2.24) is 24.3 Å². The summed E-state index contributed by atoms with van der Waals surface area (Å²) in [6.45, 7) is 5.98. The van der Waals surface area contributed by atoms with Crippen LogP contribution in [0.5, 0.6) is 0 Å². The fraction of sp³-hybridized carbons (Fsp3) is 0.176. The third kappa shape index (κ3) is 2.64. The topological polar surface area (TPSA) is 78.2 Å². The molecule has 0 saturated carbocycles. The third-order valence-corrected chi connectivity index (χ3v) is 4.76. The van der Waals surface area contributed by atoms with Gasteiger partial charge in [-0.1, -0.05) is 35.1 Å². The second-order valence-corrected chi connectivity index (χ2v) is 6.51. The second kappa shape index (κ2) is 6.21. The first kappa shape index (κ1) is 15.6. The first-order chi connectivity index (χ1) is 12.2. The largest absolute Gasteiger partial charge is 0.360 e. The average molecular weight is 353 g/mol. The molecular formula is C17H15N5O2S. The Labute approximate surface area is 147 Å². The molecule has 0 amide bonds. The lowest BCUT2D eigenvalue weighted by molar-refractivity contribution is 0.391. The standard InChI is InChI=1S/C17H15N5O2S/c1-3-8-21-15(23)13-6-4-5-7-14(13)22-16(21)18-19-17(22)25-10-12-9-11(2)20-24-12/h3-7,9H,1,8,10H2,2H3. The van der Waals surface area contributed by atoms with Gasteiger partial charge in [0, 0.05) is 12.6 Å². The van der Waals surface area contributed by atoms with E-state index in [1.807, 2.05) is 41.7 Å². The molecule has 8 heteroatoms. The maximum Gasteiger partial charge on any atom is 0.263 e. The highest BCUT2D eigenvalue weighted by atomic mass is 32.2. The van der Waals surface area contributed by atoms with E-state index in [0.717, 1.165) is 17.0 Å². The molecule has 0 unspecified atom stereocenters.